The van der Waals surface area contributed by atoms with E-state index in [1.807, 2.05) is 12.1 Å². The molecule has 0 atom stereocenters. The predicted molar refractivity (Wildman–Crippen MR) is 100 cm³/mol. The largest absolute Gasteiger partial charge is 0.497 e. The monoisotopic (exact) mass is 384 g/mol. The number of benzene rings is 1. The van der Waals surface area contributed by atoms with Gasteiger partial charge in [0, 0.05) is 5.56 Å². The lowest BCUT2D eigenvalue weighted by Gasteiger charge is -2.34. The van der Waals surface area contributed by atoms with Crippen molar-refractivity contribution in [1.82, 2.24) is 20.4 Å². The van der Waals surface area contributed by atoms with Crippen molar-refractivity contribution in [3.63, 3.8) is 0 Å². The average Bonchev–Trinajstić information content (AvgIpc) is 3.28. The lowest BCUT2D eigenvalue weighted by Crippen LogP contribution is -2.49. The third-order valence-electron chi connectivity index (χ3n) is 5.89. The molecule has 1 saturated heterocycles. The van der Waals surface area contributed by atoms with Gasteiger partial charge in [0.1, 0.15) is 17.8 Å². The third-order valence-corrected chi connectivity index (χ3v) is 5.89. The molecule has 2 heterocycles. The molecule has 4 rings (SSSR count). The molecule has 3 amide bonds. The maximum atomic E-state index is 13.0. The molecule has 28 heavy (non-hydrogen) atoms. The van der Waals surface area contributed by atoms with E-state index in [0.29, 0.717) is 24.6 Å². The van der Waals surface area contributed by atoms with Gasteiger partial charge in [0.05, 0.1) is 7.11 Å². The number of nitrogens with zero attached hydrogens (tertiary/aromatic N) is 3. The lowest BCUT2D eigenvalue weighted by molar-refractivity contribution is -0.133. The number of hydrogen-bond acceptors (Lipinski definition) is 6. The molecule has 1 spiro atoms. The number of carbonyl (C=O) groups is 2. The zero-order valence-electron chi connectivity index (χ0n) is 16.1. The topological polar surface area (TPSA) is 97.6 Å². The molecule has 1 aliphatic heterocycles. The molecule has 2 aromatic rings. The summed E-state index contributed by atoms with van der Waals surface area (Å²) in [6.07, 6.45) is 4.40. The Labute approximate surface area is 163 Å². The van der Waals surface area contributed by atoms with Crippen LogP contribution in [0.25, 0.3) is 11.4 Å². The second kappa shape index (κ2) is 7.26. The zero-order valence-corrected chi connectivity index (χ0v) is 16.1. The van der Waals surface area contributed by atoms with Crippen LogP contribution in [-0.4, -0.2) is 39.6 Å². The van der Waals surface area contributed by atoms with Crippen molar-refractivity contribution in [2.24, 2.45) is 5.92 Å². The van der Waals surface area contributed by atoms with E-state index in [9.17, 15) is 9.59 Å². The van der Waals surface area contributed by atoms with Crippen LogP contribution in [0.4, 0.5) is 4.79 Å². The molecule has 1 N–H and O–H groups in total. The standard InChI is InChI=1S/C20H24N4O4/c1-3-13-8-10-20(11-9-13)18(25)24(19(26)22-20)12-16-21-17(23-28-16)14-4-6-15(27-2)7-5-14/h4-7,13H,3,8-12H2,1-2H3,(H,22,26). The predicted octanol–water partition coefficient (Wildman–Crippen LogP) is 3.14. The summed E-state index contributed by atoms with van der Waals surface area (Å²) in [4.78, 5) is 31.0. The van der Waals surface area contributed by atoms with E-state index in [-0.39, 0.29) is 24.4 Å². The molecule has 1 aromatic carbocycles. The van der Waals surface area contributed by atoms with Gasteiger partial charge in [0.2, 0.25) is 11.7 Å². The maximum Gasteiger partial charge on any atom is 0.325 e. The molecule has 0 unspecified atom stereocenters. The third kappa shape index (κ3) is 3.23. The number of rotatable bonds is 5. The molecule has 1 saturated carbocycles. The van der Waals surface area contributed by atoms with Crippen molar-refractivity contribution >= 4 is 11.9 Å². The van der Waals surface area contributed by atoms with Crippen LogP contribution >= 0.6 is 0 Å². The van der Waals surface area contributed by atoms with Crippen LogP contribution in [0.5, 0.6) is 5.75 Å². The van der Waals surface area contributed by atoms with Gasteiger partial charge in [0.25, 0.3) is 5.91 Å². The Morgan fingerprint density at radius 1 is 1.25 bits per heavy atom. The first kappa shape index (κ1) is 18.5. The van der Waals surface area contributed by atoms with E-state index >= 15 is 0 Å². The molecule has 8 heteroatoms. The molecule has 0 bridgehead atoms. The highest BCUT2D eigenvalue weighted by Gasteiger charge is 2.52. The number of urea groups is 1. The highest BCUT2D eigenvalue weighted by Crippen LogP contribution is 2.38. The molecule has 8 nitrogen and oxygen atoms in total. The Hall–Kier alpha value is -2.90. The van der Waals surface area contributed by atoms with Gasteiger partial charge < -0.3 is 14.6 Å². The number of hydrogen-bond donors (Lipinski definition) is 1. The van der Waals surface area contributed by atoms with Gasteiger partial charge >= 0.3 is 6.03 Å². The number of amides is 3. The number of methoxy groups -OCH3 is 1. The second-order valence-electron chi connectivity index (χ2n) is 7.50. The van der Waals surface area contributed by atoms with Crippen molar-refractivity contribution < 1.29 is 18.8 Å². The average molecular weight is 384 g/mol. The van der Waals surface area contributed by atoms with Crippen molar-refractivity contribution in [2.45, 2.75) is 51.1 Å². The maximum absolute atomic E-state index is 13.0. The smallest absolute Gasteiger partial charge is 0.325 e. The summed E-state index contributed by atoms with van der Waals surface area (Å²) in [7, 11) is 1.60. The molecule has 2 fully saturated rings. The van der Waals surface area contributed by atoms with Gasteiger partial charge in [-0.05, 0) is 55.9 Å². The normalized spacial score (nSPS) is 24.6. The first-order valence-electron chi connectivity index (χ1n) is 9.66. The number of nitrogens with one attached hydrogen (secondary N) is 1. The number of aromatic nitrogens is 2. The number of ether oxygens (including phenoxy) is 1. The van der Waals surface area contributed by atoms with E-state index in [2.05, 4.69) is 22.4 Å². The van der Waals surface area contributed by atoms with Crippen LogP contribution in [0.2, 0.25) is 0 Å². The van der Waals surface area contributed by atoms with E-state index in [1.54, 1.807) is 19.2 Å². The van der Waals surface area contributed by atoms with Crippen LogP contribution < -0.4 is 10.1 Å². The Kier molecular flexibility index (Phi) is 4.78. The molecule has 1 aliphatic carbocycles. The zero-order chi connectivity index (χ0) is 19.7. The molecule has 1 aromatic heterocycles. The summed E-state index contributed by atoms with van der Waals surface area (Å²) in [6.45, 7) is 2.15. The first-order chi connectivity index (χ1) is 13.5. The van der Waals surface area contributed by atoms with E-state index in [4.69, 9.17) is 9.26 Å². The van der Waals surface area contributed by atoms with E-state index < -0.39 is 5.54 Å². The number of carbonyl (C=O) groups excluding carboxylic acids is 2. The molecular formula is C20H24N4O4. The SMILES string of the molecule is CCC1CCC2(CC1)NC(=O)N(Cc1nc(-c3ccc(OC)cc3)no1)C2=O. The van der Waals surface area contributed by atoms with Crippen molar-refractivity contribution in [2.75, 3.05) is 7.11 Å². The summed E-state index contributed by atoms with van der Waals surface area (Å²) in [5.74, 6) is 1.81. The van der Waals surface area contributed by atoms with Crippen LogP contribution in [0.3, 0.4) is 0 Å². The summed E-state index contributed by atoms with van der Waals surface area (Å²) >= 11 is 0. The van der Waals surface area contributed by atoms with Crippen molar-refractivity contribution in [3.05, 3.63) is 30.2 Å². The minimum Gasteiger partial charge on any atom is -0.497 e. The summed E-state index contributed by atoms with van der Waals surface area (Å²) < 4.78 is 10.4. The second-order valence-corrected chi connectivity index (χ2v) is 7.50. The lowest BCUT2D eigenvalue weighted by atomic mass is 9.75. The molecule has 2 aliphatic rings. The Bertz CT molecular complexity index is 869. The summed E-state index contributed by atoms with van der Waals surface area (Å²) in [5.41, 5.74) is 0.00376. The van der Waals surface area contributed by atoms with Crippen LogP contribution in [0.1, 0.15) is 44.9 Å². The fourth-order valence-corrected chi connectivity index (χ4v) is 4.05. The van der Waals surface area contributed by atoms with Gasteiger partial charge in [0.15, 0.2) is 0 Å². The van der Waals surface area contributed by atoms with Crippen molar-refractivity contribution in [1.29, 1.82) is 0 Å². The Balaban J connectivity index is 1.46. The first-order valence-corrected chi connectivity index (χ1v) is 9.66. The highest BCUT2D eigenvalue weighted by molar-refractivity contribution is 6.07. The Morgan fingerprint density at radius 3 is 2.61 bits per heavy atom. The highest BCUT2D eigenvalue weighted by atomic mass is 16.5. The minimum atomic E-state index is -0.762. The van der Waals surface area contributed by atoms with Gasteiger partial charge in [-0.1, -0.05) is 18.5 Å². The van der Waals surface area contributed by atoms with Crippen LogP contribution in [0, 0.1) is 5.92 Å². The Morgan fingerprint density at radius 2 is 1.96 bits per heavy atom. The molecular weight excluding hydrogens is 360 g/mol. The van der Waals surface area contributed by atoms with Crippen molar-refractivity contribution in [3.8, 4) is 17.1 Å². The van der Waals surface area contributed by atoms with Gasteiger partial charge in [-0.25, -0.2) is 4.79 Å². The molecule has 0 radical (unpaired) electrons. The summed E-state index contributed by atoms with van der Waals surface area (Å²) in [5, 5.41) is 6.88. The van der Waals surface area contributed by atoms with Gasteiger partial charge in [-0.2, -0.15) is 4.98 Å². The quantitative estimate of drug-likeness (QED) is 0.796. The van der Waals surface area contributed by atoms with E-state index in [1.165, 1.54) is 4.90 Å². The number of imide groups is 1. The minimum absolute atomic E-state index is 0.0211. The van der Waals surface area contributed by atoms with E-state index in [0.717, 1.165) is 30.6 Å². The fraction of sp³-hybridized carbons (Fsp3) is 0.500. The molecule has 148 valence electrons. The summed E-state index contributed by atoms with van der Waals surface area (Å²) in [6, 6.07) is 6.87. The van der Waals surface area contributed by atoms with Crippen LogP contribution in [-0.2, 0) is 11.3 Å². The van der Waals surface area contributed by atoms with Gasteiger partial charge in [-0.3, -0.25) is 9.69 Å². The van der Waals surface area contributed by atoms with Crippen LogP contribution in [0.15, 0.2) is 28.8 Å². The fourth-order valence-electron chi connectivity index (χ4n) is 4.05. The van der Waals surface area contributed by atoms with Gasteiger partial charge in [-0.15, -0.1) is 0 Å².